The van der Waals surface area contributed by atoms with E-state index >= 15 is 0 Å². The molecule has 4 nitrogen and oxygen atoms in total. The molecule has 0 atom stereocenters. The molecule has 0 saturated carbocycles. The van der Waals surface area contributed by atoms with Gasteiger partial charge in [-0.1, -0.05) is 13.0 Å². The van der Waals surface area contributed by atoms with Crippen molar-refractivity contribution in [1.29, 1.82) is 0 Å². The summed E-state index contributed by atoms with van der Waals surface area (Å²) < 4.78 is 0. The second-order valence-corrected chi connectivity index (χ2v) is 6.41. The molecule has 0 saturated heterocycles. The molecule has 22 heavy (non-hydrogen) atoms. The zero-order valence-corrected chi connectivity index (χ0v) is 14.1. The molecule has 118 valence electrons. The van der Waals surface area contributed by atoms with E-state index in [9.17, 15) is 9.59 Å². The number of rotatable bonds is 4. The Morgan fingerprint density at radius 1 is 1.36 bits per heavy atom. The lowest BCUT2D eigenvalue weighted by molar-refractivity contribution is -0.122. The minimum absolute atomic E-state index is 0.0722. The van der Waals surface area contributed by atoms with Gasteiger partial charge in [0.05, 0.1) is 10.9 Å². The van der Waals surface area contributed by atoms with Gasteiger partial charge in [0, 0.05) is 22.5 Å². The highest BCUT2D eigenvalue weighted by Gasteiger charge is 2.26. The molecule has 0 aliphatic rings. The first kappa shape index (κ1) is 16.6. The van der Waals surface area contributed by atoms with Crippen LogP contribution in [0.25, 0.3) is 10.9 Å². The van der Waals surface area contributed by atoms with E-state index in [-0.39, 0.29) is 17.3 Å². The number of benzene rings is 1. The van der Waals surface area contributed by atoms with Gasteiger partial charge in [-0.15, -0.1) is 11.6 Å². The van der Waals surface area contributed by atoms with E-state index in [1.54, 1.807) is 19.9 Å². The first-order valence-electron chi connectivity index (χ1n) is 7.33. The third-order valence-electron chi connectivity index (χ3n) is 3.96. The number of anilines is 1. The number of hydrogen-bond donors (Lipinski definition) is 2. The zero-order valence-electron chi connectivity index (χ0n) is 13.3. The molecule has 0 radical (unpaired) electrons. The Morgan fingerprint density at radius 3 is 2.64 bits per heavy atom. The molecule has 1 amide bonds. The van der Waals surface area contributed by atoms with Gasteiger partial charge >= 0.3 is 0 Å². The fraction of sp³-hybridized carbons (Fsp3) is 0.412. The maximum atomic E-state index is 12.2. The van der Waals surface area contributed by atoms with Crippen LogP contribution >= 0.6 is 11.6 Å². The third kappa shape index (κ3) is 3.02. The molecule has 0 fully saturated rings. The van der Waals surface area contributed by atoms with Gasteiger partial charge in [-0.3, -0.25) is 9.59 Å². The number of halogens is 1. The van der Waals surface area contributed by atoms with Gasteiger partial charge < -0.3 is 10.3 Å². The molecule has 2 rings (SSSR count). The number of H-pyrrole nitrogens is 1. The molecule has 5 heteroatoms. The van der Waals surface area contributed by atoms with Gasteiger partial charge in [0.15, 0.2) is 0 Å². The maximum Gasteiger partial charge on any atom is 0.251 e. The van der Waals surface area contributed by atoms with Gasteiger partial charge in [0.2, 0.25) is 5.91 Å². The van der Waals surface area contributed by atoms with Gasteiger partial charge in [-0.25, -0.2) is 0 Å². The molecule has 0 bridgehead atoms. The monoisotopic (exact) mass is 320 g/mol. The number of hydrogen-bond acceptors (Lipinski definition) is 2. The van der Waals surface area contributed by atoms with Crippen molar-refractivity contribution >= 4 is 34.1 Å². The molecule has 0 spiro atoms. The van der Waals surface area contributed by atoms with Crippen molar-refractivity contribution in [3.05, 3.63) is 39.7 Å². The fourth-order valence-electron chi connectivity index (χ4n) is 2.37. The minimum atomic E-state index is -0.647. The average molecular weight is 321 g/mol. The Labute approximate surface area is 134 Å². The van der Waals surface area contributed by atoms with Crippen LogP contribution < -0.4 is 10.9 Å². The van der Waals surface area contributed by atoms with Crippen LogP contribution in [-0.2, 0) is 11.2 Å². The van der Waals surface area contributed by atoms with E-state index < -0.39 is 5.41 Å². The van der Waals surface area contributed by atoms with Crippen molar-refractivity contribution < 1.29 is 4.79 Å². The van der Waals surface area contributed by atoms with E-state index in [0.717, 1.165) is 22.0 Å². The summed E-state index contributed by atoms with van der Waals surface area (Å²) in [6.07, 6.45) is 0.694. The van der Waals surface area contributed by atoms with E-state index in [4.69, 9.17) is 11.6 Å². The molecular formula is C17H21ClN2O2. The van der Waals surface area contributed by atoms with E-state index in [1.165, 1.54) is 0 Å². The lowest BCUT2D eigenvalue weighted by atomic mass is 9.95. The number of fused-ring (bicyclic) bond motifs is 1. The highest BCUT2D eigenvalue weighted by molar-refractivity contribution is 6.20. The average Bonchev–Trinajstić information content (AvgIpc) is 2.47. The predicted octanol–water partition coefficient (Wildman–Crippen LogP) is 3.60. The molecule has 0 aliphatic heterocycles. The number of aromatic nitrogens is 1. The number of carbonyl (C=O) groups is 1. The molecular weight excluding hydrogens is 300 g/mol. The van der Waals surface area contributed by atoms with Crippen molar-refractivity contribution in [2.24, 2.45) is 5.41 Å². The highest BCUT2D eigenvalue weighted by Crippen LogP contribution is 2.24. The van der Waals surface area contributed by atoms with E-state index in [2.05, 4.69) is 10.3 Å². The van der Waals surface area contributed by atoms with Crippen LogP contribution in [0.4, 0.5) is 5.69 Å². The van der Waals surface area contributed by atoms with Gasteiger partial charge in [0.25, 0.3) is 5.56 Å². The molecule has 2 N–H and O–H groups in total. The third-order valence-corrected chi connectivity index (χ3v) is 4.63. The topological polar surface area (TPSA) is 62.0 Å². The number of amides is 1. The number of alkyl halides is 1. The second-order valence-electron chi connectivity index (χ2n) is 6.14. The summed E-state index contributed by atoms with van der Waals surface area (Å²) >= 11 is 5.82. The van der Waals surface area contributed by atoms with Crippen LogP contribution in [0.2, 0.25) is 0 Å². The zero-order chi connectivity index (χ0) is 16.5. The largest absolute Gasteiger partial charge is 0.326 e. The van der Waals surface area contributed by atoms with Crippen LogP contribution in [0.3, 0.4) is 0 Å². The Balaban J connectivity index is 2.44. The van der Waals surface area contributed by atoms with Crippen molar-refractivity contribution in [1.82, 2.24) is 4.98 Å². The lowest BCUT2D eigenvalue weighted by Crippen LogP contribution is -2.32. The Kier molecular flexibility index (Phi) is 4.61. The predicted molar refractivity (Wildman–Crippen MR) is 91.8 cm³/mol. The molecule has 0 aliphatic carbocycles. The number of aromatic amines is 1. The summed E-state index contributed by atoms with van der Waals surface area (Å²) in [6.45, 7) is 7.49. The van der Waals surface area contributed by atoms with E-state index in [1.807, 2.05) is 26.0 Å². The van der Waals surface area contributed by atoms with Crippen LogP contribution in [0.5, 0.6) is 0 Å². The van der Waals surface area contributed by atoms with Gasteiger partial charge in [-0.2, -0.15) is 0 Å². The van der Waals surface area contributed by atoms with Crippen LogP contribution in [0, 0.1) is 12.3 Å². The summed E-state index contributed by atoms with van der Waals surface area (Å²) in [5, 5.41) is 3.84. The Morgan fingerprint density at radius 2 is 2.05 bits per heavy atom. The van der Waals surface area contributed by atoms with Crippen molar-refractivity contribution in [2.45, 2.75) is 34.1 Å². The first-order chi connectivity index (χ1) is 10.3. The molecule has 1 aromatic heterocycles. The maximum absolute atomic E-state index is 12.2. The van der Waals surface area contributed by atoms with Crippen molar-refractivity contribution in [3.8, 4) is 0 Å². The molecule has 1 heterocycles. The summed E-state index contributed by atoms with van der Waals surface area (Å²) in [6, 6.07) is 5.55. The summed E-state index contributed by atoms with van der Waals surface area (Å²) in [4.78, 5) is 27.1. The minimum Gasteiger partial charge on any atom is -0.326 e. The Hall–Kier alpha value is -1.81. The number of nitrogens with one attached hydrogen (secondary N) is 2. The van der Waals surface area contributed by atoms with Crippen LogP contribution in [0.1, 0.15) is 31.9 Å². The van der Waals surface area contributed by atoms with Crippen molar-refractivity contribution in [3.63, 3.8) is 0 Å². The summed E-state index contributed by atoms with van der Waals surface area (Å²) in [5.74, 6) is 0.0912. The quantitative estimate of drug-likeness (QED) is 0.845. The number of aryl methyl sites for hydroxylation is 1. The number of pyridine rings is 1. The standard InChI is InChI=1S/C17H21ClN2O2/c1-5-12-10(2)13-7-6-11(8-14(13)20-15(12)21)19-16(22)17(3,4)9-18/h6-8H,5,9H2,1-4H3,(H,19,22)(H,20,21). The fourth-order valence-corrected chi connectivity index (χ4v) is 2.49. The summed E-state index contributed by atoms with van der Waals surface area (Å²) in [7, 11) is 0. The molecule has 0 unspecified atom stereocenters. The smallest absolute Gasteiger partial charge is 0.251 e. The summed E-state index contributed by atoms with van der Waals surface area (Å²) in [5.41, 5.74) is 2.44. The van der Waals surface area contributed by atoms with Gasteiger partial charge in [-0.05, 0) is 44.9 Å². The van der Waals surface area contributed by atoms with Crippen molar-refractivity contribution in [2.75, 3.05) is 11.2 Å². The number of carbonyl (C=O) groups excluding carboxylic acids is 1. The molecule has 1 aromatic carbocycles. The molecule has 2 aromatic rings. The lowest BCUT2D eigenvalue weighted by Gasteiger charge is -2.20. The van der Waals surface area contributed by atoms with Crippen LogP contribution in [-0.4, -0.2) is 16.8 Å². The highest BCUT2D eigenvalue weighted by atomic mass is 35.5. The SMILES string of the molecule is CCc1c(C)c2ccc(NC(=O)C(C)(C)CCl)cc2[nH]c1=O. The first-order valence-corrected chi connectivity index (χ1v) is 7.86. The normalized spacial score (nSPS) is 11.7. The Bertz CT molecular complexity index is 778. The van der Waals surface area contributed by atoms with E-state index in [0.29, 0.717) is 12.1 Å². The van der Waals surface area contributed by atoms with Crippen LogP contribution in [0.15, 0.2) is 23.0 Å². The second kappa shape index (κ2) is 6.13. The van der Waals surface area contributed by atoms with Gasteiger partial charge in [0.1, 0.15) is 0 Å².